The number of carbonyl (C=O) groups excluding carboxylic acids is 1. The summed E-state index contributed by atoms with van der Waals surface area (Å²) in [5.41, 5.74) is 7.06. The number of hydrogen-bond donors (Lipinski definition) is 4. The molecule has 5 rings (SSSR count). The number of phenolic OH excluding ortho intramolecular Hbond substituents is 2. The van der Waals surface area contributed by atoms with Crippen LogP contribution in [0, 0.1) is 0 Å². The summed E-state index contributed by atoms with van der Waals surface area (Å²) in [5.74, 6) is 0.427. The van der Waals surface area contributed by atoms with Gasteiger partial charge in [-0.25, -0.2) is 0 Å². The lowest BCUT2D eigenvalue weighted by molar-refractivity contribution is 0.0177. The second-order valence-corrected chi connectivity index (χ2v) is 8.07. The largest absolute Gasteiger partial charge is 0.507 e. The number of ketones is 1. The lowest BCUT2D eigenvalue weighted by atomic mass is 9.92. The highest BCUT2D eigenvalue weighted by molar-refractivity contribution is 6.05. The lowest BCUT2D eigenvalue weighted by Gasteiger charge is -2.35. The maximum absolute atomic E-state index is 12.7. The molecule has 2 heterocycles. The summed E-state index contributed by atoms with van der Waals surface area (Å²) >= 11 is 0. The van der Waals surface area contributed by atoms with Gasteiger partial charge in [-0.2, -0.15) is 0 Å². The van der Waals surface area contributed by atoms with E-state index in [1.807, 2.05) is 0 Å². The number of aliphatic hydroxyl groups excluding tert-OH is 1. The summed E-state index contributed by atoms with van der Waals surface area (Å²) < 4.78 is 23.4. The van der Waals surface area contributed by atoms with Crippen LogP contribution in [0.5, 0.6) is 34.5 Å². The number of methoxy groups -OCH3 is 1. The third-order valence-electron chi connectivity index (χ3n) is 5.99. The number of aliphatic hydroxyl groups is 1. The van der Waals surface area contributed by atoms with Crippen molar-refractivity contribution >= 4 is 5.78 Å². The number of rotatable bonds is 4. The maximum atomic E-state index is 12.7. The number of hydrogen-bond acceptors (Lipinski definition) is 9. The van der Waals surface area contributed by atoms with Crippen LogP contribution in [0.1, 0.15) is 33.7 Å². The van der Waals surface area contributed by atoms with Gasteiger partial charge in [0.2, 0.25) is 5.78 Å². The fraction of sp³-hybridized carbons (Fsp3) is 0.240. The predicted octanol–water partition coefficient (Wildman–Crippen LogP) is 2.62. The molecule has 9 nitrogen and oxygen atoms in total. The molecule has 0 aromatic heterocycles. The molecule has 0 radical (unpaired) electrons. The van der Waals surface area contributed by atoms with Gasteiger partial charge in [0.15, 0.2) is 47.4 Å². The number of fused-ring (bicyclic) bond motifs is 2. The van der Waals surface area contributed by atoms with Gasteiger partial charge in [0.1, 0.15) is 17.1 Å². The van der Waals surface area contributed by atoms with E-state index < -0.39 is 30.2 Å². The summed E-state index contributed by atoms with van der Waals surface area (Å²) in [6.45, 7) is 0.175. The number of aromatic hydroxyl groups is 2. The number of carbonyl (C=O) groups is 1. The summed E-state index contributed by atoms with van der Waals surface area (Å²) in [6.07, 6.45) is -3.62. The highest BCUT2D eigenvalue weighted by atomic mass is 16.6. The molecule has 9 heteroatoms. The predicted molar refractivity (Wildman–Crippen MR) is 120 cm³/mol. The molecule has 4 atom stereocenters. The molecule has 2 unspecified atom stereocenters. The molecule has 176 valence electrons. The lowest BCUT2D eigenvalue weighted by Crippen LogP contribution is -2.39. The topological polar surface area (TPSA) is 141 Å². The normalized spacial score (nSPS) is 23.1. The summed E-state index contributed by atoms with van der Waals surface area (Å²) in [5, 5.41) is 30.6. The van der Waals surface area contributed by atoms with Crippen LogP contribution in [0.2, 0.25) is 0 Å². The summed E-state index contributed by atoms with van der Waals surface area (Å²) in [4.78, 5) is 12.7. The van der Waals surface area contributed by atoms with Gasteiger partial charge in [-0.05, 0) is 42.0 Å². The molecule has 2 aliphatic heterocycles. The molecule has 0 bridgehead atoms. The van der Waals surface area contributed by atoms with Crippen molar-refractivity contribution < 1.29 is 39.1 Å². The third-order valence-corrected chi connectivity index (χ3v) is 5.99. The highest BCUT2D eigenvalue weighted by Gasteiger charge is 2.40. The average molecular weight is 465 g/mol. The van der Waals surface area contributed by atoms with Crippen molar-refractivity contribution in [1.29, 1.82) is 0 Å². The monoisotopic (exact) mass is 465 g/mol. The van der Waals surface area contributed by atoms with Gasteiger partial charge in [0.25, 0.3) is 0 Å². The van der Waals surface area contributed by atoms with Crippen LogP contribution in [0.4, 0.5) is 0 Å². The standard InChI is InChI=1S/C25H23NO8/c1-31-18-9-12(5-7-14(18)27)24-20(11-26)32-16-8-6-13(10-19(16)34-24)25-23(30)22(29)21-15(28)3-2-4-17(21)33-25/h2-10,20,23-25,27-28,30H,11,26H2,1H3/t20?,23-,24?,25+/m0/s1. The Kier molecular flexibility index (Phi) is 5.43. The van der Waals surface area contributed by atoms with Gasteiger partial charge in [-0.3, -0.25) is 4.79 Å². The zero-order chi connectivity index (χ0) is 24.0. The zero-order valence-electron chi connectivity index (χ0n) is 18.2. The highest BCUT2D eigenvalue weighted by Crippen LogP contribution is 2.44. The number of benzene rings is 3. The molecule has 34 heavy (non-hydrogen) atoms. The van der Waals surface area contributed by atoms with Crippen LogP contribution in [-0.2, 0) is 0 Å². The molecule has 0 saturated heterocycles. The van der Waals surface area contributed by atoms with Crippen molar-refractivity contribution in [3.8, 4) is 34.5 Å². The minimum Gasteiger partial charge on any atom is -0.507 e. The Morgan fingerprint density at radius 1 is 0.882 bits per heavy atom. The molecule has 0 amide bonds. The van der Waals surface area contributed by atoms with Crippen molar-refractivity contribution in [2.75, 3.05) is 13.7 Å². The second-order valence-electron chi connectivity index (χ2n) is 8.07. The quantitative estimate of drug-likeness (QED) is 0.458. The van der Waals surface area contributed by atoms with Crippen LogP contribution in [0.25, 0.3) is 0 Å². The van der Waals surface area contributed by atoms with E-state index in [0.29, 0.717) is 22.6 Å². The van der Waals surface area contributed by atoms with Crippen molar-refractivity contribution in [1.82, 2.24) is 0 Å². The van der Waals surface area contributed by atoms with Crippen LogP contribution < -0.4 is 24.7 Å². The molecule has 2 aliphatic rings. The van der Waals surface area contributed by atoms with Gasteiger partial charge < -0.3 is 40.0 Å². The van der Waals surface area contributed by atoms with E-state index >= 15 is 0 Å². The molecule has 5 N–H and O–H groups in total. The van der Waals surface area contributed by atoms with Crippen LogP contribution in [-0.4, -0.2) is 47.0 Å². The van der Waals surface area contributed by atoms with E-state index in [-0.39, 0.29) is 35.1 Å². The second kappa shape index (κ2) is 8.44. The molecule has 0 spiro atoms. The SMILES string of the molecule is COc1cc(C2Oc3cc([C@H]4Oc5cccc(O)c5C(=O)[C@@H]4O)ccc3OC2CN)ccc1O. The molecule has 3 aromatic carbocycles. The molecular weight excluding hydrogens is 442 g/mol. The smallest absolute Gasteiger partial charge is 0.202 e. The van der Waals surface area contributed by atoms with E-state index in [1.165, 1.54) is 19.2 Å². The first-order valence-electron chi connectivity index (χ1n) is 10.7. The Hall–Kier alpha value is -3.95. The van der Waals surface area contributed by atoms with Crippen molar-refractivity contribution in [2.24, 2.45) is 5.73 Å². The van der Waals surface area contributed by atoms with E-state index in [1.54, 1.807) is 42.5 Å². The number of phenols is 2. The van der Waals surface area contributed by atoms with Crippen molar-refractivity contribution in [2.45, 2.75) is 24.4 Å². The van der Waals surface area contributed by atoms with E-state index in [0.717, 1.165) is 0 Å². The number of nitrogens with two attached hydrogens (primary N) is 1. The first-order valence-corrected chi connectivity index (χ1v) is 10.7. The Morgan fingerprint density at radius 2 is 1.62 bits per heavy atom. The fourth-order valence-electron chi connectivity index (χ4n) is 4.26. The molecule has 0 saturated carbocycles. The zero-order valence-corrected chi connectivity index (χ0v) is 18.2. The molecule has 0 fully saturated rings. The molecular formula is C25H23NO8. The van der Waals surface area contributed by atoms with Gasteiger partial charge in [0.05, 0.1) is 7.11 Å². The maximum Gasteiger partial charge on any atom is 0.202 e. The van der Waals surface area contributed by atoms with E-state index in [9.17, 15) is 20.1 Å². The van der Waals surface area contributed by atoms with Crippen LogP contribution >= 0.6 is 0 Å². The summed E-state index contributed by atoms with van der Waals surface area (Å²) in [7, 11) is 1.45. The Morgan fingerprint density at radius 3 is 2.38 bits per heavy atom. The molecule has 3 aromatic rings. The van der Waals surface area contributed by atoms with Gasteiger partial charge >= 0.3 is 0 Å². The van der Waals surface area contributed by atoms with Gasteiger partial charge in [0, 0.05) is 12.1 Å². The van der Waals surface area contributed by atoms with Gasteiger partial charge in [-0.1, -0.05) is 18.2 Å². The van der Waals surface area contributed by atoms with Gasteiger partial charge in [-0.15, -0.1) is 0 Å². The first kappa shape index (κ1) is 21.9. The average Bonchev–Trinajstić information content (AvgIpc) is 2.85. The number of Topliss-reactive ketones (excluding diaryl/α,β-unsaturated/α-hetero) is 1. The van der Waals surface area contributed by atoms with Crippen molar-refractivity contribution in [3.05, 3.63) is 71.3 Å². The third kappa shape index (κ3) is 3.55. The first-order chi connectivity index (χ1) is 16.4. The van der Waals surface area contributed by atoms with E-state index in [4.69, 9.17) is 24.7 Å². The fourth-order valence-corrected chi connectivity index (χ4v) is 4.26. The minimum absolute atomic E-state index is 0.00520. The van der Waals surface area contributed by atoms with E-state index in [2.05, 4.69) is 0 Å². The number of ether oxygens (including phenoxy) is 4. The molecule has 0 aliphatic carbocycles. The summed E-state index contributed by atoms with van der Waals surface area (Å²) in [6, 6.07) is 14.3. The Labute approximate surface area is 194 Å². The van der Waals surface area contributed by atoms with Crippen LogP contribution in [0.3, 0.4) is 0 Å². The van der Waals surface area contributed by atoms with Crippen molar-refractivity contribution in [3.63, 3.8) is 0 Å². The Balaban J connectivity index is 1.49. The van der Waals surface area contributed by atoms with Crippen LogP contribution in [0.15, 0.2) is 54.6 Å². The minimum atomic E-state index is -1.52. The Bertz CT molecular complexity index is 1260.